The molecule has 5 heteroatoms. The fourth-order valence-corrected chi connectivity index (χ4v) is 2.75. The van der Waals surface area contributed by atoms with Gasteiger partial charge in [0.15, 0.2) is 0 Å². The van der Waals surface area contributed by atoms with Gasteiger partial charge in [-0.2, -0.15) is 0 Å². The Bertz CT molecular complexity index is 537. The van der Waals surface area contributed by atoms with E-state index < -0.39 is 11.9 Å². The van der Waals surface area contributed by atoms with E-state index in [0.29, 0.717) is 12.8 Å². The number of esters is 1. The fraction of sp³-hybridized carbons (Fsp3) is 0.500. The van der Waals surface area contributed by atoms with Crippen molar-refractivity contribution in [2.24, 2.45) is 5.92 Å². The number of carboxylic acid groups (broad SMARTS) is 1. The Morgan fingerprint density at radius 1 is 1.24 bits per heavy atom. The van der Waals surface area contributed by atoms with Crippen molar-refractivity contribution >= 4 is 27.9 Å². The van der Waals surface area contributed by atoms with E-state index in [0.717, 1.165) is 10.0 Å². The van der Waals surface area contributed by atoms with Crippen molar-refractivity contribution in [2.45, 2.75) is 46.6 Å². The van der Waals surface area contributed by atoms with Gasteiger partial charge in [0.1, 0.15) is 6.10 Å². The number of hydrogen-bond donors (Lipinski definition) is 1. The van der Waals surface area contributed by atoms with Gasteiger partial charge in [-0.25, -0.2) is 9.59 Å². The van der Waals surface area contributed by atoms with Gasteiger partial charge in [-0.05, 0) is 36.5 Å². The zero-order valence-corrected chi connectivity index (χ0v) is 14.4. The first-order valence-corrected chi connectivity index (χ1v) is 7.87. The van der Waals surface area contributed by atoms with Crippen LogP contribution in [0.4, 0.5) is 0 Å². The highest BCUT2D eigenvalue weighted by Crippen LogP contribution is 2.25. The highest BCUT2D eigenvalue weighted by molar-refractivity contribution is 9.10. The number of aromatic carboxylic acids is 1. The summed E-state index contributed by atoms with van der Waals surface area (Å²) in [5, 5.41) is 9.30. The average molecular weight is 357 g/mol. The number of carboxylic acids is 1. The van der Waals surface area contributed by atoms with Crippen LogP contribution < -0.4 is 0 Å². The van der Waals surface area contributed by atoms with Crippen LogP contribution in [0.3, 0.4) is 0 Å². The molecule has 116 valence electrons. The summed E-state index contributed by atoms with van der Waals surface area (Å²) in [6, 6.07) is 3.07. The molecule has 0 saturated heterocycles. The summed E-state index contributed by atoms with van der Waals surface area (Å²) in [4.78, 5) is 23.7. The van der Waals surface area contributed by atoms with Gasteiger partial charge in [0.05, 0.1) is 11.1 Å². The maximum Gasteiger partial charge on any atom is 0.339 e. The van der Waals surface area contributed by atoms with Crippen LogP contribution in [0.5, 0.6) is 0 Å². The smallest absolute Gasteiger partial charge is 0.339 e. The first-order valence-electron chi connectivity index (χ1n) is 7.08. The zero-order valence-electron chi connectivity index (χ0n) is 12.8. The second kappa shape index (κ2) is 7.59. The molecular formula is C16H21BrO4. The van der Waals surface area contributed by atoms with Crippen LogP contribution in [0.2, 0.25) is 0 Å². The molecular weight excluding hydrogens is 336 g/mol. The van der Waals surface area contributed by atoms with Crippen molar-refractivity contribution < 1.29 is 19.4 Å². The maximum atomic E-state index is 12.3. The molecule has 0 aliphatic rings. The standard InChI is InChI=1S/C16H21BrO4/c1-5-10-7-11(15(18)19)12(8-13(10)17)16(20)21-14(6-2)9(3)4/h7-9,14H,5-6H2,1-4H3,(H,18,19). The molecule has 0 aliphatic heterocycles. The summed E-state index contributed by atoms with van der Waals surface area (Å²) in [7, 11) is 0. The summed E-state index contributed by atoms with van der Waals surface area (Å²) < 4.78 is 6.17. The number of hydrogen-bond acceptors (Lipinski definition) is 3. The minimum absolute atomic E-state index is 0.0151. The van der Waals surface area contributed by atoms with Crippen molar-refractivity contribution in [3.05, 3.63) is 33.3 Å². The number of halogens is 1. The van der Waals surface area contributed by atoms with Gasteiger partial charge in [0.25, 0.3) is 0 Å². The monoisotopic (exact) mass is 356 g/mol. The molecule has 0 heterocycles. The van der Waals surface area contributed by atoms with Crippen molar-refractivity contribution in [1.82, 2.24) is 0 Å². The molecule has 1 aromatic rings. The highest BCUT2D eigenvalue weighted by atomic mass is 79.9. The van der Waals surface area contributed by atoms with Crippen LogP contribution in [0.1, 0.15) is 60.4 Å². The first kappa shape index (κ1) is 17.7. The predicted molar refractivity (Wildman–Crippen MR) is 84.8 cm³/mol. The van der Waals surface area contributed by atoms with E-state index in [1.54, 1.807) is 0 Å². The Hall–Kier alpha value is -1.36. The lowest BCUT2D eigenvalue weighted by Crippen LogP contribution is -2.24. The predicted octanol–water partition coefficient (Wildman–Crippen LogP) is 4.30. The molecule has 0 spiro atoms. The average Bonchev–Trinajstić information content (AvgIpc) is 2.43. The first-order chi connectivity index (χ1) is 9.81. The highest BCUT2D eigenvalue weighted by Gasteiger charge is 2.23. The Morgan fingerprint density at radius 2 is 1.86 bits per heavy atom. The molecule has 0 aromatic heterocycles. The van der Waals surface area contributed by atoms with E-state index in [-0.39, 0.29) is 23.1 Å². The molecule has 1 aromatic carbocycles. The molecule has 21 heavy (non-hydrogen) atoms. The number of carbonyl (C=O) groups excluding carboxylic acids is 1. The van der Waals surface area contributed by atoms with Crippen LogP contribution in [-0.2, 0) is 11.2 Å². The molecule has 0 saturated carbocycles. The largest absolute Gasteiger partial charge is 0.478 e. The van der Waals surface area contributed by atoms with Crippen LogP contribution in [0.25, 0.3) is 0 Å². The van der Waals surface area contributed by atoms with Gasteiger partial charge in [-0.15, -0.1) is 0 Å². The lowest BCUT2D eigenvalue weighted by atomic mass is 10.0. The van der Waals surface area contributed by atoms with Crippen LogP contribution in [0, 0.1) is 5.92 Å². The van der Waals surface area contributed by atoms with Crippen molar-refractivity contribution in [1.29, 1.82) is 0 Å². The normalized spacial score (nSPS) is 12.3. The number of carbonyl (C=O) groups is 2. The molecule has 1 N–H and O–H groups in total. The third kappa shape index (κ3) is 4.30. The zero-order chi connectivity index (χ0) is 16.2. The second-order valence-electron chi connectivity index (χ2n) is 5.24. The summed E-state index contributed by atoms with van der Waals surface area (Å²) >= 11 is 3.37. The van der Waals surface area contributed by atoms with Gasteiger partial charge < -0.3 is 9.84 Å². The molecule has 1 rings (SSSR count). The third-order valence-corrected chi connectivity index (χ3v) is 4.16. The third-order valence-electron chi connectivity index (χ3n) is 3.42. The molecule has 0 radical (unpaired) electrons. The van der Waals surface area contributed by atoms with E-state index >= 15 is 0 Å². The minimum atomic E-state index is -1.12. The lowest BCUT2D eigenvalue weighted by Gasteiger charge is -2.20. The summed E-state index contributed by atoms with van der Waals surface area (Å²) in [5.74, 6) is -1.52. The van der Waals surface area contributed by atoms with Gasteiger partial charge in [-0.1, -0.05) is 43.6 Å². The lowest BCUT2D eigenvalue weighted by molar-refractivity contribution is 0.0169. The Kier molecular flexibility index (Phi) is 6.40. The Labute approximate surface area is 133 Å². The number of ether oxygens (including phenoxy) is 1. The van der Waals surface area contributed by atoms with Crippen molar-refractivity contribution in [3.8, 4) is 0 Å². The van der Waals surface area contributed by atoms with Crippen molar-refractivity contribution in [3.63, 3.8) is 0 Å². The van der Waals surface area contributed by atoms with Gasteiger partial charge in [0, 0.05) is 4.47 Å². The van der Waals surface area contributed by atoms with E-state index in [1.165, 1.54) is 12.1 Å². The molecule has 0 aliphatic carbocycles. The molecule has 0 bridgehead atoms. The molecule has 1 atom stereocenters. The summed E-state index contributed by atoms with van der Waals surface area (Å²) in [6.07, 6.45) is 1.16. The quantitative estimate of drug-likeness (QED) is 0.771. The summed E-state index contributed by atoms with van der Waals surface area (Å²) in [6.45, 7) is 7.80. The van der Waals surface area contributed by atoms with E-state index in [9.17, 15) is 14.7 Å². The van der Waals surface area contributed by atoms with E-state index in [1.807, 2.05) is 27.7 Å². The second-order valence-corrected chi connectivity index (χ2v) is 6.10. The number of benzene rings is 1. The van der Waals surface area contributed by atoms with E-state index in [4.69, 9.17) is 4.74 Å². The van der Waals surface area contributed by atoms with Crippen molar-refractivity contribution in [2.75, 3.05) is 0 Å². The SMILES string of the molecule is CCc1cc(C(=O)O)c(C(=O)OC(CC)C(C)C)cc1Br. The number of aryl methyl sites for hydroxylation is 1. The molecule has 0 amide bonds. The Balaban J connectivity index is 3.19. The fourth-order valence-electron chi connectivity index (χ4n) is 2.13. The van der Waals surface area contributed by atoms with Crippen LogP contribution in [-0.4, -0.2) is 23.1 Å². The minimum Gasteiger partial charge on any atom is -0.478 e. The topological polar surface area (TPSA) is 63.6 Å². The van der Waals surface area contributed by atoms with Gasteiger partial charge in [0.2, 0.25) is 0 Å². The number of rotatable bonds is 6. The molecule has 4 nitrogen and oxygen atoms in total. The molecule has 0 fully saturated rings. The van der Waals surface area contributed by atoms with Crippen LogP contribution in [0.15, 0.2) is 16.6 Å². The van der Waals surface area contributed by atoms with E-state index in [2.05, 4.69) is 15.9 Å². The maximum absolute atomic E-state index is 12.3. The summed E-state index contributed by atoms with van der Waals surface area (Å²) in [5.41, 5.74) is 0.921. The Morgan fingerprint density at radius 3 is 2.29 bits per heavy atom. The van der Waals surface area contributed by atoms with Crippen LogP contribution >= 0.6 is 15.9 Å². The molecule has 1 unspecified atom stereocenters. The van der Waals surface area contributed by atoms with Gasteiger partial charge in [-0.3, -0.25) is 0 Å². The van der Waals surface area contributed by atoms with Gasteiger partial charge >= 0.3 is 11.9 Å².